The molecule has 1 N–H and O–H groups in total. The molecule has 0 unspecified atom stereocenters. The van der Waals surface area contributed by atoms with Crippen molar-refractivity contribution in [1.29, 1.82) is 0 Å². The second kappa shape index (κ2) is 5.71. The van der Waals surface area contributed by atoms with Gasteiger partial charge < -0.3 is 9.15 Å². The molecule has 0 radical (unpaired) electrons. The number of nitrogens with zero attached hydrogens (tertiary/aromatic N) is 1. The lowest BCUT2D eigenvalue weighted by Gasteiger charge is -2.25. The van der Waals surface area contributed by atoms with Crippen LogP contribution in [0.2, 0.25) is 0 Å². The number of rotatable bonds is 5. The molecule has 21 heavy (non-hydrogen) atoms. The topological polar surface area (TPSA) is 85.2 Å². The SMILES string of the molecule is CCCCc1cc(=O)oc2nc(OC3CCC3)[nH]c(=O)c12. The predicted octanol–water partition coefficient (Wildman–Crippen LogP) is 2.15. The van der Waals surface area contributed by atoms with Crippen LogP contribution < -0.4 is 15.9 Å². The van der Waals surface area contributed by atoms with Crippen molar-refractivity contribution in [3.05, 3.63) is 32.4 Å². The fraction of sp³-hybridized carbons (Fsp3) is 0.533. The summed E-state index contributed by atoms with van der Waals surface area (Å²) in [4.78, 5) is 30.6. The highest BCUT2D eigenvalue weighted by Gasteiger charge is 2.21. The molecule has 2 aromatic heterocycles. The van der Waals surface area contributed by atoms with E-state index in [4.69, 9.17) is 9.15 Å². The average Bonchev–Trinajstić information content (AvgIpc) is 2.39. The molecule has 2 heterocycles. The van der Waals surface area contributed by atoms with Crippen molar-refractivity contribution in [3.8, 4) is 6.01 Å². The second-order valence-electron chi connectivity index (χ2n) is 5.42. The van der Waals surface area contributed by atoms with E-state index in [0.717, 1.165) is 32.1 Å². The van der Waals surface area contributed by atoms with Crippen LogP contribution in [-0.2, 0) is 6.42 Å². The van der Waals surface area contributed by atoms with Gasteiger partial charge in [-0.05, 0) is 37.7 Å². The molecule has 0 saturated heterocycles. The Balaban J connectivity index is 2.05. The number of unbranched alkanes of at least 4 members (excludes halogenated alkanes) is 1. The molecule has 0 aromatic carbocycles. The summed E-state index contributed by atoms with van der Waals surface area (Å²) >= 11 is 0. The zero-order chi connectivity index (χ0) is 14.8. The Labute approximate surface area is 121 Å². The molecule has 1 saturated carbocycles. The summed E-state index contributed by atoms with van der Waals surface area (Å²) in [6.45, 7) is 2.06. The molecule has 1 fully saturated rings. The Kier molecular flexibility index (Phi) is 3.77. The van der Waals surface area contributed by atoms with Crippen LogP contribution in [0.25, 0.3) is 11.1 Å². The minimum absolute atomic E-state index is 0.0617. The Hall–Kier alpha value is -2.11. The summed E-state index contributed by atoms with van der Waals surface area (Å²) in [5.74, 6) is 0. The molecule has 6 nitrogen and oxygen atoms in total. The van der Waals surface area contributed by atoms with Crippen LogP contribution >= 0.6 is 0 Å². The van der Waals surface area contributed by atoms with Crippen molar-refractivity contribution in [3.63, 3.8) is 0 Å². The summed E-state index contributed by atoms with van der Waals surface area (Å²) in [6, 6.07) is 1.51. The summed E-state index contributed by atoms with van der Waals surface area (Å²) in [7, 11) is 0. The van der Waals surface area contributed by atoms with Gasteiger partial charge in [0.2, 0.25) is 5.71 Å². The lowest BCUT2D eigenvalue weighted by molar-refractivity contribution is 0.108. The van der Waals surface area contributed by atoms with Crippen molar-refractivity contribution >= 4 is 11.1 Å². The van der Waals surface area contributed by atoms with Gasteiger partial charge in [0.15, 0.2) is 0 Å². The quantitative estimate of drug-likeness (QED) is 0.912. The molecule has 0 amide bonds. The first-order valence-corrected chi connectivity index (χ1v) is 7.41. The van der Waals surface area contributed by atoms with Crippen molar-refractivity contribution in [2.24, 2.45) is 0 Å². The highest BCUT2D eigenvalue weighted by molar-refractivity contribution is 5.75. The van der Waals surface area contributed by atoms with Gasteiger partial charge in [-0.1, -0.05) is 13.3 Å². The van der Waals surface area contributed by atoms with E-state index in [-0.39, 0.29) is 23.4 Å². The van der Waals surface area contributed by atoms with Gasteiger partial charge in [0.25, 0.3) is 11.6 Å². The van der Waals surface area contributed by atoms with Gasteiger partial charge in [-0.3, -0.25) is 9.78 Å². The van der Waals surface area contributed by atoms with E-state index < -0.39 is 5.63 Å². The number of hydrogen-bond acceptors (Lipinski definition) is 5. The van der Waals surface area contributed by atoms with Crippen molar-refractivity contribution in [2.75, 3.05) is 0 Å². The second-order valence-corrected chi connectivity index (χ2v) is 5.42. The van der Waals surface area contributed by atoms with E-state index in [1.54, 1.807) is 0 Å². The van der Waals surface area contributed by atoms with Crippen LogP contribution in [-0.4, -0.2) is 16.1 Å². The largest absolute Gasteiger partial charge is 0.461 e. The van der Waals surface area contributed by atoms with Crippen LogP contribution in [0, 0.1) is 0 Å². The number of aromatic nitrogens is 2. The number of ether oxygens (including phenoxy) is 1. The monoisotopic (exact) mass is 290 g/mol. The van der Waals surface area contributed by atoms with E-state index in [9.17, 15) is 9.59 Å². The average molecular weight is 290 g/mol. The molecular weight excluding hydrogens is 272 g/mol. The van der Waals surface area contributed by atoms with Crippen molar-refractivity contribution in [1.82, 2.24) is 9.97 Å². The highest BCUT2D eigenvalue weighted by Crippen LogP contribution is 2.23. The summed E-state index contributed by atoms with van der Waals surface area (Å²) in [5, 5.41) is 0.351. The fourth-order valence-corrected chi connectivity index (χ4v) is 2.40. The number of aryl methyl sites for hydroxylation is 1. The zero-order valence-electron chi connectivity index (χ0n) is 12.0. The van der Waals surface area contributed by atoms with Crippen LogP contribution in [0.15, 0.2) is 20.1 Å². The van der Waals surface area contributed by atoms with E-state index in [1.165, 1.54) is 6.07 Å². The lowest BCUT2D eigenvalue weighted by Crippen LogP contribution is -2.27. The van der Waals surface area contributed by atoms with Gasteiger partial charge in [0.1, 0.15) is 11.5 Å². The van der Waals surface area contributed by atoms with E-state index in [0.29, 0.717) is 17.4 Å². The van der Waals surface area contributed by atoms with Crippen LogP contribution in [0.4, 0.5) is 0 Å². The van der Waals surface area contributed by atoms with E-state index in [2.05, 4.69) is 16.9 Å². The Bertz CT molecular complexity index is 758. The maximum absolute atomic E-state index is 12.2. The number of nitrogens with one attached hydrogen (secondary N) is 1. The number of H-pyrrole nitrogens is 1. The van der Waals surface area contributed by atoms with Gasteiger partial charge >= 0.3 is 5.63 Å². The molecule has 2 aromatic rings. The smallest absolute Gasteiger partial charge is 0.337 e. The third kappa shape index (κ3) is 2.84. The first-order chi connectivity index (χ1) is 10.2. The first-order valence-electron chi connectivity index (χ1n) is 7.41. The maximum atomic E-state index is 12.2. The molecule has 0 atom stereocenters. The van der Waals surface area contributed by atoms with E-state index in [1.807, 2.05) is 0 Å². The minimum atomic E-state index is -0.485. The maximum Gasteiger partial charge on any atom is 0.337 e. The number of hydrogen-bond donors (Lipinski definition) is 1. The Morgan fingerprint density at radius 3 is 2.90 bits per heavy atom. The van der Waals surface area contributed by atoms with Crippen LogP contribution in [0.1, 0.15) is 44.6 Å². The molecule has 1 aliphatic carbocycles. The van der Waals surface area contributed by atoms with Crippen LogP contribution in [0.3, 0.4) is 0 Å². The minimum Gasteiger partial charge on any atom is -0.461 e. The summed E-state index contributed by atoms with van der Waals surface area (Å²) in [6.07, 6.45) is 5.68. The van der Waals surface area contributed by atoms with Crippen molar-refractivity contribution in [2.45, 2.75) is 51.6 Å². The predicted molar refractivity (Wildman–Crippen MR) is 77.8 cm³/mol. The fourth-order valence-electron chi connectivity index (χ4n) is 2.40. The molecule has 112 valence electrons. The first kappa shape index (κ1) is 13.9. The standard InChI is InChI=1S/C15H18N2O4/c1-2-3-5-9-8-11(18)21-14-12(9)13(19)16-15(17-14)20-10-6-4-7-10/h8,10H,2-7H2,1H3,(H,16,17,19). The zero-order valence-corrected chi connectivity index (χ0v) is 12.0. The van der Waals surface area contributed by atoms with Crippen LogP contribution in [0.5, 0.6) is 6.01 Å². The molecule has 0 aliphatic heterocycles. The van der Waals surface area contributed by atoms with Gasteiger partial charge in [-0.25, -0.2) is 4.79 Å². The number of fused-ring (bicyclic) bond motifs is 1. The Morgan fingerprint density at radius 1 is 1.43 bits per heavy atom. The third-order valence-electron chi connectivity index (χ3n) is 3.81. The summed E-state index contributed by atoms with van der Waals surface area (Å²) < 4.78 is 10.6. The summed E-state index contributed by atoms with van der Waals surface area (Å²) in [5.41, 5.74) is -0.0517. The molecule has 3 rings (SSSR count). The van der Waals surface area contributed by atoms with Gasteiger partial charge in [-0.2, -0.15) is 4.98 Å². The highest BCUT2D eigenvalue weighted by atomic mass is 16.5. The molecule has 1 aliphatic rings. The van der Waals surface area contributed by atoms with Gasteiger partial charge in [0.05, 0.1) is 0 Å². The normalized spacial score (nSPS) is 15.1. The third-order valence-corrected chi connectivity index (χ3v) is 3.81. The lowest BCUT2D eigenvalue weighted by atomic mass is 9.96. The number of aromatic amines is 1. The van der Waals surface area contributed by atoms with Gasteiger partial charge in [-0.15, -0.1) is 0 Å². The Morgan fingerprint density at radius 2 is 2.24 bits per heavy atom. The molecule has 0 bridgehead atoms. The van der Waals surface area contributed by atoms with Crippen molar-refractivity contribution < 1.29 is 9.15 Å². The molecule has 0 spiro atoms. The molecule has 6 heteroatoms. The molecular formula is C15H18N2O4. The van der Waals surface area contributed by atoms with Gasteiger partial charge in [0, 0.05) is 6.07 Å². The van der Waals surface area contributed by atoms with E-state index >= 15 is 0 Å².